The smallest absolute Gasteiger partial charge is 0.0878 e. The largest absolute Gasteiger partial charge is 0.545 e. The van der Waals surface area contributed by atoms with Crippen LogP contribution in [0.2, 0.25) is 0 Å². The summed E-state index contributed by atoms with van der Waals surface area (Å²) in [5.74, 6) is -1.11. The van der Waals surface area contributed by atoms with Crippen molar-refractivity contribution in [1.29, 1.82) is 0 Å². The van der Waals surface area contributed by atoms with Gasteiger partial charge in [-0.15, -0.1) is 0 Å². The van der Waals surface area contributed by atoms with E-state index in [-0.39, 0.29) is 5.57 Å². The lowest BCUT2D eigenvalue weighted by atomic mass is 10.1. The molecule has 0 radical (unpaired) electrons. The van der Waals surface area contributed by atoms with Gasteiger partial charge >= 0.3 is 0 Å². The third-order valence-corrected chi connectivity index (χ3v) is 2.45. The fourth-order valence-corrected chi connectivity index (χ4v) is 1.49. The molecular weight excluding hydrogens is 204 g/mol. The van der Waals surface area contributed by atoms with Gasteiger partial charge in [-0.3, -0.25) is 0 Å². The monoisotopic (exact) mass is 227 g/mol. The maximum absolute atomic E-state index is 10.7. The van der Waals surface area contributed by atoms with Gasteiger partial charge in [0.25, 0.3) is 0 Å². The van der Waals surface area contributed by atoms with E-state index in [0.717, 1.165) is 12.8 Å². The first kappa shape index (κ1) is 15.0. The zero-order valence-electron chi connectivity index (χ0n) is 10.5. The van der Waals surface area contributed by atoms with Gasteiger partial charge in [-0.1, -0.05) is 39.0 Å². The summed E-state index contributed by atoms with van der Waals surface area (Å²) in [5, 5.41) is 10.7. The minimum Gasteiger partial charge on any atom is -0.545 e. The van der Waals surface area contributed by atoms with E-state index in [9.17, 15) is 9.90 Å². The molecule has 0 heterocycles. The Hall–Kier alpha value is -0.990. The lowest BCUT2D eigenvalue weighted by molar-refractivity contribution is -0.299. The van der Waals surface area contributed by atoms with Gasteiger partial charge in [0.1, 0.15) is 0 Å². The molecule has 0 atom stereocenters. The Morgan fingerprint density at radius 2 is 1.75 bits per heavy atom. The molecule has 3 nitrogen and oxygen atoms in total. The number of carbonyl (C=O) groups is 1. The normalized spacial score (nSPS) is 11.5. The third kappa shape index (κ3) is 8.33. The predicted octanol–water partition coefficient (Wildman–Crippen LogP) is 2.41. The second-order valence-electron chi connectivity index (χ2n) is 3.90. The Kier molecular flexibility index (Phi) is 9.87. The zero-order chi connectivity index (χ0) is 12.2. The topological polar surface area (TPSA) is 49.4 Å². The molecule has 0 aromatic carbocycles. The van der Waals surface area contributed by atoms with Gasteiger partial charge in [-0.25, -0.2) is 0 Å². The van der Waals surface area contributed by atoms with Gasteiger partial charge in [0, 0.05) is 5.57 Å². The Bertz CT molecular complexity index is 209. The van der Waals surface area contributed by atoms with Crippen LogP contribution < -0.4 is 5.11 Å². The van der Waals surface area contributed by atoms with E-state index >= 15 is 0 Å². The highest BCUT2D eigenvalue weighted by Crippen LogP contribution is 2.11. The molecule has 0 aliphatic carbocycles. The maximum atomic E-state index is 10.7. The van der Waals surface area contributed by atoms with Crippen LogP contribution in [0.4, 0.5) is 0 Å². The Morgan fingerprint density at radius 1 is 1.12 bits per heavy atom. The molecule has 0 fully saturated rings. The SMILES string of the molecule is CCCCCCCC/C(=C/OCC)C(=O)[O-]. The van der Waals surface area contributed by atoms with Crippen molar-refractivity contribution in [3.63, 3.8) is 0 Å². The molecule has 0 bridgehead atoms. The molecular formula is C13H23O3-. The van der Waals surface area contributed by atoms with E-state index < -0.39 is 5.97 Å². The average molecular weight is 227 g/mol. The minimum absolute atomic E-state index is 0.275. The second kappa shape index (κ2) is 10.5. The number of hydrogen-bond donors (Lipinski definition) is 0. The first-order valence-corrected chi connectivity index (χ1v) is 6.24. The molecule has 0 aromatic rings. The van der Waals surface area contributed by atoms with E-state index in [4.69, 9.17) is 4.74 Å². The molecule has 0 aliphatic heterocycles. The van der Waals surface area contributed by atoms with Crippen LogP contribution in [0.1, 0.15) is 58.8 Å². The first-order chi connectivity index (χ1) is 7.72. The molecule has 0 rings (SSSR count). The molecule has 0 unspecified atom stereocenters. The number of unbranched alkanes of at least 4 members (excludes halogenated alkanes) is 5. The maximum Gasteiger partial charge on any atom is 0.0878 e. The van der Waals surface area contributed by atoms with Crippen molar-refractivity contribution in [3.05, 3.63) is 11.8 Å². The highest BCUT2D eigenvalue weighted by atomic mass is 16.5. The van der Waals surface area contributed by atoms with Crippen LogP contribution in [-0.2, 0) is 9.53 Å². The van der Waals surface area contributed by atoms with Gasteiger partial charge in [-0.2, -0.15) is 0 Å². The Morgan fingerprint density at radius 3 is 2.31 bits per heavy atom. The predicted molar refractivity (Wildman–Crippen MR) is 62.7 cm³/mol. The Labute approximate surface area is 98.5 Å². The number of aliphatic carboxylic acids is 1. The van der Waals surface area contributed by atoms with Crippen molar-refractivity contribution in [1.82, 2.24) is 0 Å². The number of carbonyl (C=O) groups excluding carboxylic acids is 1. The molecule has 0 saturated heterocycles. The van der Waals surface area contributed by atoms with Gasteiger partial charge in [0.2, 0.25) is 0 Å². The number of hydrogen-bond acceptors (Lipinski definition) is 3. The van der Waals surface area contributed by atoms with E-state index in [0.29, 0.717) is 13.0 Å². The van der Waals surface area contributed by atoms with Crippen molar-refractivity contribution in [3.8, 4) is 0 Å². The molecule has 0 aliphatic rings. The van der Waals surface area contributed by atoms with Gasteiger partial charge in [-0.05, 0) is 19.8 Å². The fraction of sp³-hybridized carbons (Fsp3) is 0.769. The number of carboxylic acid groups (broad SMARTS) is 1. The summed E-state index contributed by atoms with van der Waals surface area (Å²) in [6, 6.07) is 0. The molecule has 0 spiro atoms. The highest BCUT2D eigenvalue weighted by Gasteiger charge is 1.99. The summed E-state index contributed by atoms with van der Waals surface area (Å²) in [6.45, 7) is 4.50. The summed E-state index contributed by atoms with van der Waals surface area (Å²) in [6.07, 6.45) is 8.77. The molecule has 0 aromatic heterocycles. The van der Waals surface area contributed by atoms with Crippen molar-refractivity contribution >= 4 is 5.97 Å². The second-order valence-corrected chi connectivity index (χ2v) is 3.90. The number of ether oxygens (including phenoxy) is 1. The summed E-state index contributed by atoms with van der Waals surface area (Å²) in [5.41, 5.74) is 0.275. The van der Waals surface area contributed by atoms with Crippen molar-refractivity contribution in [2.24, 2.45) is 0 Å². The molecule has 0 saturated carbocycles. The fourth-order valence-electron chi connectivity index (χ4n) is 1.49. The van der Waals surface area contributed by atoms with Crippen molar-refractivity contribution in [2.45, 2.75) is 58.8 Å². The van der Waals surface area contributed by atoms with Crippen LogP contribution in [0.3, 0.4) is 0 Å². The number of rotatable bonds is 10. The zero-order valence-corrected chi connectivity index (χ0v) is 10.5. The van der Waals surface area contributed by atoms with Crippen LogP contribution in [0.25, 0.3) is 0 Å². The van der Waals surface area contributed by atoms with Crippen LogP contribution >= 0.6 is 0 Å². The quantitative estimate of drug-likeness (QED) is 0.327. The van der Waals surface area contributed by atoms with Crippen LogP contribution in [0.5, 0.6) is 0 Å². The van der Waals surface area contributed by atoms with Gasteiger partial charge in [0.15, 0.2) is 0 Å². The van der Waals surface area contributed by atoms with Crippen molar-refractivity contribution < 1.29 is 14.6 Å². The van der Waals surface area contributed by atoms with Crippen LogP contribution in [0, 0.1) is 0 Å². The Balaban J connectivity index is 3.65. The van der Waals surface area contributed by atoms with E-state index in [1.54, 1.807) is 0 Å². The van der Waals surface area contributed by atoms with Gasteiger partial charge < -0.3 is 14.6 Å². The summed E-state index contributed by atoms with van der Waals surface area (Å²) < 4.78 is 4.97. The molecule has 3 heteroatoms. The summed E-state index contributed by atoms with van der Waals surface area (Å²) >= 11 is 0. The lowest BCUT2D eigenvalue weighted by Gasteiger charge is -2.08. The average Bonchev–Trinajstić information content (AvgIpc) is 2.26. The lowest BCUT2D eigenvalue weighted by Crippen LogP contribution is -2.24. The highest BCUT2D eigenvalue weighted by molar-refractivity contribution is 5.84. The van der Waals surface area contributed by atoms with E-state index in [1.165, 1.54) is 31.9 Å². The summed E-state index contributed by atoms with van der Waals surface area (Å²) in [7, 11) is 0. The molecule has 0 N–H and O–H groups in total. The first-order valence-electron chi connectivity index (χ1n) is 6.24. The third-order valence-electron chi connectivity index (χ3n) is 2.45. The molecule has 16 heavy (non-hydrogen) atoms. The van der Waals surface area contributed by atoms with E-state index in [2.05, 4.69) is 6.92 Å². The van der Waals surface area contributed by atoms with Crippen LogP contribution in [0.15, 0.2) is 11.8 Å². The standard InChI is InChI=1S/C13H24O3/c1-3-5-6-7-8-9-10-12(13(14)15)11-16-4-2/h11H,3-10H2,1-2H3,(H,14,15)/p-1/b12-11-. The minimum atomic E-state index is -1.11. The van der Waals surface area contributed by atoms with Crippen molar-refractivity contribution in [2.75, 3.05) is 6.61 Å². The van der Waals surface area contributed by atoms with Crippen LogP contribution in [-0.4, -0.2) is 12.6 Å². The molecule has 0 amide bonds. The summed E-state index contributed by atoms with van der Waals surface area (Å²) in [4.78, 5) is 10.7. The molecule has 94 valence electrons. The van der Waals surface area contributed by atoms with E-state index in [1.807, 2.05) is 6.92 Å². The van der Waals surface area contributed by atoms with Gasteiger partial charge in [0.05, 0.1) is 18.8 Å². The number of carboxylic acids is 1.